The van der Waals surface area contributed by atoms with Crippen LogP contribution in [0, 0.1) is 6.92 Å². The van der Waals surface area contributed by atoms with Crippen molar-refractivity contribution in [3.63, 3.8) is 0 Å². The highest BCUT2D eigenvalue weighted by atomic mass is 16.2. The molecule has 7 heteroatoms. The molecule has 0 bridgehead atoms. The summed E-state index contributed by atoms with van der Waals surface area (Å²) in [7, 11) is 0. The van der Waals surface area contributed by atoms with Crippen molar-refractivity contribution in [3.05, 3.63) is 17.5 Å². The molecule has 1 aromatic heterocycles. The summed E-state index contributed by atoms with van der Waals surface area (Å²) in [6.07, 6.45) is 0. The fraction of sp³-hybridized carbons (Fsp3) is 0.600. The Labute approximate surface area is 130 Å². The molecule has 0 radical (unpaired) electrons. The molecule has 22 heavy (non-hydrogen) atoms. The van der Waals surface area contributed by atoms with Crippen LogP contribution in [0.2, 0.25) is 0 Å². The van der Waals surface area contributed by atoms with Crippen molar-refractivity contribution in [2.45, 2.75) is 33.7 Å². The predicted molar refractivity (Wildman–Crippen MR) is 83.8 cm³/mol. The molecule has 1 aliphatic heterocycles. The van der Waals surface area contributed by atoms with E-state index in [0.717, 1.165) is 5.69 Å². The van der Waals surface area contributed by atoms with Gasteiger partial charge in [-0.05, 0) is 26.8 Å². The number of carbonyl (C=O) groups excluding carboxylic acids is 2. The second-order valence-corrected chi connectivity index (χ2v) is 5.82. The number of aryl methyl sites for hydroxylation is 1. The number of hydrogen-bond donors (Lipinski definition) is 1. The molecule has 0 spiro atoms. The van der Waals surface area contributed by atoms with Crippen molar-refractivity contribution in [2.24, 2.45) is 0 Å². The number of amides is 2. The minimum absolute atomic E-state index is 0.0605. The second kappa shape index (κ2) is 6.72. The molecule has 0 unspecified atom stereocenters. The fourth-order valence-corrected chi connectivity index (χ4v) is 2.37. The molecule has 2 rings (SSSR count). The Hall–Kier alpha value is -2.18. The van der Waals surface area contributed by atoms with E-state index < -0.39 is 0 Å². The lowest BCUT2D eigenvalue weighted by molar-refractivity contribution is -0.129. The van der Waals surface area contributed by atoms with Crippen LogP contribution in [-0.4, -0.2) is 58.9 Å². The molecule has 0 aliphatic carbocycles. The van der Waals surface area contributed by atoms with Gasteiger partial charge in [-0.2, -0.15) is 0 Å². The van der Waals surface area contributed by atoms with Gasteiger partial charge in [0.1, 0.15) is 5.69 Å². The van der Waals surface area contributed by atoms with Gasteiger partial charge in [0.05, 0.1) is 0 Å². The number of rotatable bonds is 3. The van der Waals surface area contributed by atoms with Gasteiger partial charge in [0, 0.05) is 44.8 Å². The van der Waals surface area contributed by atoms with Crippen molar-refractivity contribution in [3.8, 4) is 0 Å². The smallest absolute Gasteiger partial charge is 0.270 e. The SMILES string of the molecule is CC(=O)N1CCN(c2nc(C)cc(C(=O)NC(C)C)n2)CC1. The molecule has 7 nitrogen and oxygen atoms in total. The average Bonchev–Trinajstić information content (AvgIpc) is 2.46. The van der Waals surface area contributed by atoms with Gasteiger partial charge in [0.2, 0.25) is 11.9 Å². The first-order valence-corrected chi connectivity index (χ1v) is 7.54. The lowest BCUT2D eigenvalue weighted by atomic mass is 10.3. The maximum absolute atomic E-state index is 12.1. The van der Waals surface area contributed by atoms with Crippen LogP contribution in [0.1, 0.15) is 37.0 Å². The Morgan fingerprint density at radius 1 is 1.18 bits per heavy atom. The summed E-state index contributed by atoms with van der Waals surface area (Å²) in [5.74, 6) is 0.447. The normalized spacial score (nSPS) is 15.1. The molecule has 1 aliphatic rings. The Morgan fingerprint density at radius 2 is 1.82 bits per heavy atom. The Morgan fingerprint density at radius 3 is 2.36 bits per heavy atom. The largest absolute Gasteiger partial charge is 0.349 e. The van der Waals surface area contributed by atoms with E-state index in [9.17, 15) is 9.59 Å². The van der Waals surface area contributed by atoms with Gasteiger partial charge in [0.25, 0.3) is 5.91 Å². The Balaban J connectivity index is 2.13. The highest BCUT2D eigenvalue weighted by molar-refractivity contribution is 5.92. The van der Waals surface area contributed by atoms with Crippen molar-refractivity contribution in [2.75, 3.05) is 31.1 Å². The molecule has 0 aromatic carbocycles. The van der Waals surface area contributed by atoms with Gasteiger partial charge in [-0.3, -0.25) is 9.59 Å². The molecule has 120 valence electrons. The van der Waals surface area contributed by atoms with Gasteiger partial charge in [-0.25, -0.2) is 9.97 Å². The number of carbonyl (C=O) groups is 2. The summed E-state index contributed by atoms with van der Waals surface area (Å²) in [5.41, 5.74) is 1.14. The quantitative estimate of drug-likeness (QED) is 0.884. The molecular formula is C15H23N5O2. The van der Waals surface area contributed by atoms with Crippen LogP contribution < -0.4 is 10.2 Å². The first-order chi connectivity index (χ1) is 10.4. The van der Waals surface area contributed by atoms with E-state index in [0.29, 0.717) is 37.8 Å². The maximum atomic E-state index is 12.1. The minimum Gasteiger partial charge on any atom is -0.349 e. The van der Waals surface area contributed by atoms with E-state index in [1.165, 1.54) is 0 Å². The first kappa shape index (κ1) is 16.2. The number of piperazine rings is 1. The lowest BCUT2D eigenvalue weighted by Gasteiger charge is -2.34. The zero-order valence-electron chi connectivity index (χ0n) is 13.6. The third-order valence-corrected chi connectivity index (χ3v) is 3.50. The van der Waals surface area contributed by atoms with Crippen molar-refractivity contribution >= 4 is 17.8 Å². The van der Waals surface area contributed by atoms with Gasteiger partial charge < -0.3 is 15.1 Å². The topological polar surface area (TPSA) is 78.4 Å². The predicted octanol–water partition coefficient (Wildman–Crippen LogP) is 0.592. The van der Waals surface area contributed by atoms with Gasteiger partial charge >= 0.3 is 0 Å². The third kappa shape index (κ3) is 3.93. The second-order valence-electron chi connectivity index (χ2n) is 5.82. The Kier molecular flexibility index (Phi) is 4.95. The molecule has 0 saturated carbocycles. The van der Waals surface area contributed by atoms with E-state index in [-0.39, 0.29) is 17.9 Å². The molecule has 1 saturated heterocycles. The van der Waals surface area contributed by atoms with E-state index >= 15 is 0 Å². The number of aromatic nitrogens is 2. The van der Waals surface area contributed by atoms with Gasteiger partial charge in [-0.1, -0.05) is 0 Å². The third-order valence-electron chi connectivity index (χ3n) is 3.50. The summed E-state index contributed by atoms with van der Waals surface area (Å²) in [6, 6.07) is 1.75. The number of nitrogens with one attached hydrogen (secondary N) is 1. The summed E-state index contributed by atoms with van der Waals surface area (Å²) in [4.78, 5) is 36.1. The molecule has 1 fully saturated rings. The van der Waals surface area contributed by atoms with Gasteiger partial charge in [0.15, 0.2) is 0 Å². The monoisotopic (exact) mass is 305 g/mol. The van der Waals surface area contributed by atoms with Crippen LogP contribution in [0.15, 0.2) is 6.07 Å². The summed E-state index contributed by atoms with van der Waals surface area (Å²) in [5, 5.41) is 2.84. The van der Waals surface area contributed by atoms with Gasteiger partial charge in [-0.15, -0.1) is 0 Å². The zero-order chi connectivity index (χ0) is 16.3. The summed E-state index contributed by atoms with van der Waals surface area (Å²) < 4.78 is 0. The molecule has 2 amide bonds. The average molecular weight is 305 g/mol. The van der Waals surface area contributed by atoms with Crippen LogP contribution in [-0.2, 0) is 4.79 Å². The molecule has 0 atom stereocenters. The summed E-state index contributed by atoms with van der Waals surface area (Å²) in [6.45, 7) is 9.90. The zero-order valence-corrected chi connectivity index (χ0v) is 13.6. The highest BCUT2D eigenvalue weighted by Crippen LogP contribution is 2.13. The number of nitrogens with zero attached hydrogens (tertiary/aromatic N) is 4. The highest BCUT2D eigenvalue weighted by Gasteiger charge is 2.22. The van der Waals surface area contributed by atoms with Crippen molar-refractivity contribution in [1.29, 1.82) is 0 Å². The molecular weight excluding hydrogens is 282 g/mol. The standard InChI is InChI=1S/C15H23N5O2/c1-10(2)16-14(22)13-9-11(3)17-15(18-13)20-7-5-19(6-8-20)12(4)21/h9-10H,5-8H2,1-4H3,(H,16,22). The summed E-state index contributed by atoms with van der Waals surface area (Å²) >= 11 is 0. The van der Waals surface area contributed by atoms with E-state index in [2.05, 4.69) is 15.3 Å². The van der Waals surface area contributed by atoms with E-state index in [4.69, 9.17) is 0 Å². The van der Waals surface area contributed by atoms with Crippen molar-refractivity contribution in [1.82, 2.24) is 20.2 Å². The molecule has 2 heterocycles. The van der Waals surface area contributed by atoms with Crippen LogP contribution >= 0.6 is 0 Å². The lowest BCUT2D eigenvalue weighted by Crippen LogP contribution is -2.48. The molecule has 1 N–H and O–H groups in total. The maximum Gasteiger partial charge on any atom is 0.270 e. The number of hydrogen-bond acceptors (Lipinski definition) is 5. The number of anilines is 1. The van der Waals surface area contributed by atoms with Crippen LogP contribution in [0.3, 0.4) is 0 Å². The minimum atomic E-state index is -0.191. The van der Waals surface area contributed by atoms with Crippen LogP contribution in [0.5, 0.6) is 0 Å². The van der Waals surface area contributed by atoms with E-state index in [1.54, 1.807) is 17.9 Å². The van der Waals surface area contributed by atoms with E-state index in [1.807, 2.05) is 25.7 Å². The molecule has 1 aromatic rings. The fourth-order valence-electron chi connectivity index (χ4n) is 2.37. The van der Waals surface area contributed by atoms with Crippen LogP contribution in [0.25, 0.3) is 0 Å². The Bertz CT molecular complexity index is 565. The van der Waals surface area contributed by atoms with Crippen LogP contribution in [0.4, 0.5) is 5.95 Å². The van der Waals surface area contributed by atoms with Crippen molar-refractivity contribution < 1.29 is 9.59 Å². The first-order valence-electron chi connectivity index (χ1n) is 7.54.